The molecule has 3 heteroatoms. The topological polar surface area (TPSA) is 38.7 Å². The van der Waals surface area contributed by atoms with E-state index in [0.29, 0.717) is 5.82 Å². The van der Waals surface area contributed by atoms with Crippen molar-refractivity contribution in [2.24, 2.45) is 0 Å². The van der Waals surface area contributed by atoms with Gasteiger partial charge < -0.3 is 0 Å². The summed E-state index contributed by atoms with van der Waals surface area (Å²) in [5.41, 5.74) is 9.44. The molecule has 0 bridgehead atoms. The highest BCUT2D eigenvalue weighted by molar-refractivity contribution is 6.33. The molecule has 0 N–H and O–H groups in total. The highest BCUT2D eigenvalue weighted by Crippen LogP contribution is 2.43. The van der Waals surface area contributed by atoms with E-state index in [2.05, 4.69) is 181 Å². The molecule has 0 spiro atoms. The number of fused-ring (bicyclic) bond motifs is 9. The monoisotopic (exact) mass is 711 g/mol. The molecule has 0 aliphatic rings. The minimum absolute atomic E-state index is 0.689. The van der Waals surface area contributed by atoms with Gasteiger partial charge in [-0.05, 0) is 88.8 Å². The first-order chi connectivity index (χ1) is 27.8. The predicted molar refractivity (Wildman–Crippen MR) is 235 cm³/mol. The minimum atomic E-state index is 0.689. The van der Waals surface area contributed by atoms with E-state index < -0.39 is 0 Å². The lowest BCUT2D eigenvalue weighted by Gasteiger charge is -2.16. The van der Waals surface area contributed by atoms with Gasteiger partial charge >= 0.3 is 0 Å². The Morgan fingerprint density at radius 2 is 0.804 bits per heavy atom. The number of nitrogens with zero attached hydrogens (tertiary/aromatic N) is 3. The number of aromatic nitrogens is 3. The molecule has 0 fully saturated rings. The molecule has 0 saturated heterocycles. The van der Waals surface area contributed by atoms with Crippen molar-refractivity contribution in [1.82, 2.24) is 15.0 Å². The third-order valence-corrected chi connectivity index (χ3v) is 11.2. The zero-order valence-electron chi connectivity index (χ0n) is 30.4. The second-order valence-electron chi connectivity index (χ2n) is 14.3. The molecule has 0 saturated carbocycles. The number of rotatable bonds is 5. The van der Waals surface area contributed by atoms with Crippen LogP contribution in [0.15, 0.2) is 200 Å². The van der Waals surface area contributed by atoms with Crippen LogP contribution < -0.4 is 0 Å². The second-order valence-corrected chi connectivity index (χ2v) is 14.3. The predicted octanol–water partition coefficient (Wildman–Crippen LogP) is 14.0. The van der Waals surface area contributed by atoms with Gasteiger partial charge in [-0.3, -0.25) is 4.98 Å². The lowest BCUT2D eigenvalue weighted by molar-refractivity contribution is 1.18. The molecule has 0 aliphatic carbocycles. The Hall–Kier alpha value is -7.49. The summed E-state index contributed by atoms with van der Waals surface area (Å²) in [4.78, 5) is 14.9. The summed E-state index contributed by atoms with van der Waals surface area (Å²) < 4.78 is 0. The summed E-state index contributed by atoms with van der Waals surface area (Å²) in [7, 11) is 0. The Bertz CT molecular complexity index is 3280. The van der Waals surface area contributed by atoms with Gasteiger partial charge in [-0.2, -0.15) is 0 Å². The highest BCUT2D eigenvalue weighted by atomic mass is 14.9. The lowest BCUT2D eigenvalue weighted by Crippen LogP contribution is -1.97. The average Bonchev–Trinajstić information content (AvgIpc) is 3.28. The molecule has 0 aliphatic heterocycles. The molecule has 260 valence electrons. The molecule has 0 amide bonds. The Morgan fingerprint density at radius 3 is 1.52 bits per heavy atom. The van der Waals surface area contributed by atoms with Gasteiger partial charge in [-0.1, -0.05) is 170 Å². The first-order valence-electron chi connectivity index (χ1n) is 19.0. The third-order valence-electron chi connectivity index (χ3n) is 11.2. The van der Waals surface area contributed by atoms with Gasteiger partial charge in [0.05, 0.1) is 11.4 Å². The Kier molecular flexibility index (Phi) is 7.49. The van der Waals surface area contributed by atoms with E-state index in [1.54, 1.807) is 0 Å². The summed E-state index contributed by atoms with van der Waals surface area (Å²) >= 11 is 0. The Labute approximate surface area is 324 Å². The zero-order valence-corrected chi connectivity index (χ0v) is 30.4. The van der Waals surface area contributed by atoms with Crippen molar-refractivity contribution in [3.8, 4) is 56.2 Å². The van der Waals surface area contributed by atoms with Gasteiger partial charge in [-0.25, -0.2) is 9.97 Å². The minimum Gasteiger partial charge on any atom is -0.264 e. The van der Waals surface area contributed by atoms with E-state index in [-0.39, 0.29) is 0 Å². The van der Waals surface area contributed by atoms with Gasteiger partial charge in [0.15, 0.2) is 5.82 Å². The van der Waals surface area contributed by atoms with Crippen molar-refractivity contribution < 1.29 is 0 Å². The summed E-state index contributed by atoms with van der Waals surface area (Å²) in [5, 5.41) is 12.5. The standard InChI is InChI=1S/C53H33N3/c1-2-13-35(14-3-1)50-32-51(45-25-11-23-39-38(22-10-24-41(39)45)37-15-12-30-54-33-37)56-53(55-50)36-28-26-34(27-29-36)48-31-49-43-18-5-4-16-40(43)42-17-6-8-20-46(42)52(49)47-21-9-7-19-44(47)48/h1-33H. The largest absolute Gasteiger partial charge is 0.264 e. The average molecular weight is 712 g/mol. The molecule has 0 radical (unpaired) electrons. The van der Waals surface area contributed by atoms with Crippen LogP contribution in [-0.4, -0.2) is 15.0 Å². The molecule has 56 heavy (non-hydrogen) atoms. The third kappa shape index (κ3) is 5.25. The molecule has 11 aromatic rings. The van der Waals surface area contributed by atoms with Crippen molar-refractivity contribution in [2.45, 2.75) is 0 Å². The highest BCUT2D eigenvalue weighted by Gasteiger charge is 2.17. The van der Waals surface area contributed by atoms with E-state index in [1.165, 1.54) is 48.7 Å². The van der Waals surface area contributed by atoms with Crippen LogP contribution in [0.4, 0.5) is 0 Å². The number of hydrogen-bond acceptors (Lipinski definition) is 3. The molecular formula is C53H33N3. The zero-order chi connectivity index (χ0) is 37.0. The van der Waals surface area contributed by atoms with Gasteiger partial charge in [0.2, 0.25) is 0 Å². The van der Waals surface area contributed by atoms with Crippen molar-refractivity contribution in [1.29, 1.82) is 0 Å². The van der Waals surface area contributed by atoms with Gasteiger partial charge in [-0.15, -0.1) is 0 Å². The van der Waals surface area contributed by atoms with E-state index in [4.69, 9.17) is 9.97 Å². The maximum absolute atomic E-state index is 5.28. The first kappa shape index (κ1) is 32.0. The van der Waals surface area contributed by atoms with Crippen molar-refractivity contribution in [3.63, 3.8) is 0 Å². The van der Waals surface area contributed by atoms with Crippen LogP contribution in [0.25, 0.3) is 110 Å². The maximum atomic E-state index is 5.28. The van der Waals surface area contributed by atoms with Crippen LogP contribution in [0, 0.1) is 0 Å². The normalized spacial score (nSPS) is 11.6. The van der Waals surface area contributed by atoms with Crippen LogP contribution in [0.2, 0.25) is 0 Å². The van der Waals surface area contributed by atoms with Crippen LogP contribution in [0.1, 0.15) is 0 Å². The molecule has 11 rings (SSSR count). The van der Waals surface area contributed by atoms with Crippen molar-refractivity contribution >= 4 is 53.9 Å². The van der Waals surface area contributed by atoms with E-state index in [0.717, 1.165) is 55.5 Å². The van der Waals surface area contributed by atoms with Gasteiger partial charge in [0.25, 0.3) is 0 Å². The fourth-order valence-electron chi connectivity index (χ4n) is 8.58. The summed E-state index contributed by atoms with van der Waals surface area (Å²) in [5.74, 6) is 0.689. The fraction of sp³-hybridized carbons (Fsp3) is 0. The quantitative estimate of drug-likeness (QED) is 0.167. The van der Waals surface area contributed by atoms with Gasteiger partial charge in [0, 0.05) is 34.6 Å². The SMILES string of the molecule is c1ccc(-c2cc(-c3cccc4c(-c5cccnc5)cccc34)nc(-c3ccc(-c4cc5c6ccccc6c6ccccc6c5c5ccccc45)cc3)n2)cc1. The number of hydrogen-bond donors (Lipinski definition) is 0. The van der Waals surface area contributed by atoms with Crippen LogP contribution in [-0.2, 0) is 0 Å². The Morgan fingerprint density at radius 1 is 0.286 bits per heavy atom. The fourth-order valence-corrected chi connectivity index (χ4v) is 8.58. The van der Waals surface area contributed by atoms with E-state index in [9.17, 15) is 0 Å². The molecule has 0 atom stereocenters. The van der Waals surface area contributed by atoms with Crippen LogP contribution in [0.5, 0.6) is 0 Å². The van der Waals surface area contributed by atoms with E-state index >= 15 is 0 Å². The van der Waals surface area contributed by atoms with Gasteiger partial charge in [0.1, 0.15) is 0 Å². The number of benzene rings is 9. The molecular weight excluding hydrogens is 679 g/mol. The summed E-state index contributed by atoms with van der Waals surface area (Å²) in [6, 6.07) is 67.1. The first-order valence-corrected chi connectivity index (χ1v) is 19.0. The van der Waals surface area contributed by atoms with Crippen LogP contribution >= 0.6 is 0 Å². The summed E-state index contributed by atoms with van der Waals surface area (Å²) in [6.07, 6.45) is 3.74. The molecule has 3 nitrogen and oxygen atoms in total. The Balaban J connectivity index is 1.08. The van der Waals surface area contributed by atoms with E-state index in [1.807, 2.05) is 24.5 Å². The lowest BCUT2D eigenvalue weighted by atomic mass is 9.87. The van der Waals surface area contributed by atoms with Crippen molar-refractivity contribution in [2.75, 3.05) is 0 Å². The van der Waals surface area contributed by atoms with Crippen LogP contribution in [0.3, 0.4) is 0 Å². The maximum Gasteiger partial charge on any atom is 0.160 e. The molecule has 2 aromatic heterocycles. The molecule has 0 unspecified atom stereocenters. The van der Waals surface area contributed by atoms with Crippen molar-refractivity contribution in [3.05, 3.63) is 200 Å². The molecule has 9 aromatic carbocycles. The smallest absolute Gasteiger partial charge is 0.160 e. The second kappa shape index (κ2) is 13.1. The molecule has 2 heterocycles. The summed E-state index contributed by atoms with van der Waals surface area (Å²) in [6.45, 7) is 0. The number of pyridine rings is 1.